The van der Waals surface area contributed by atoms with Gasteiger partial charge in [0.15, 0.2) is 0 Å². The van der Waals surface area contributed by atoms with E-state index in [9.17, 15) is 5.26 Å². The van der Waals surface area contributed by atoms with E-state index in [2.05, 4.69) is 35.4 Å². The zero-order valence-corrected chi connectivity index (χ0v) is 18.9. The summed E-state index contributed by atoms with van der Waals surface area (Å²) in [5, 5.41) is 13.8. The summed E-state index contributed by atoms with van der Waals surface area (Å²) >= 11 is 1.41. The predicted octanol–water partition coefficient (Wildman–Crippen LogP) is 1.78. The second-order valence-electron chi connectivity index (χ2n) is 8.78. The summed E-state index contributed by atoms with van der Waals surface area (Å²) in [6.45, 7) is 11.3. The highest BCUT2D eigenvalue weighted by Crippen LogP contribution is 2.37. The van der Waals surface area contributed by atoms with Crippen molar-refractivity contribution < 1.29 is 4.74 Å². The number of morpholine rings is 1. The van der Waals surface area contributed by atoms with Gasteiger partial charge in [-0.15, -0.1) is 0 Å². The number of nitrogens with one attached hydrogen (secondary N) is 1. The van der Waals surface area contributed by atoms with E-state index in [4.69, 9.17) is 9.72 Å². The molecule has 3 aliphatic rings. The van der Waals surface area contributed by atoms with Gasteiger partial charge in [0.25, 0.3) is 0 Å². The third-order valence-corrected chi connectivity index (χ3v) is 7.39. The fraction of sp³-hybridized carbons (Fsp3) is 0.619. The molecule has 2 aromatic rings. The Morgan fingerprint density at radius 3 is 2.97 bits per heavy atom. The van der Waals surface area contributed by atoms with Gasteiger partial charge in [-0.05, 0) is 31.4 Å². The number of rotatable bonds is 5. The average molecular weight is 441 g/mol. The first-order valence-corrected chi connectivity index (χ1v) is 11.6. The molecule has 3 aliphatic heterocycles. The van der Waals surface area contributed by atoms with E-state index in [0.29, 0.717) is 18.4 Å². The van der Waals surface area contributed by atoms with Crippen molar-refractivity contribution in [1.82, 2.24) is 24.1 Å². The van der Waals surface area contributed by atoms with Gasteiger partial charge in [0.2, 0.25) is 5.95 Å². The number of hydrogen-bond donors (Lipinski definition) is 1. The SMILES string of the molecule is Cc1cc(Nc2ncc(C)c(N3CC(CC#N)(N4CCN5CCOC[C@H]5C4)C3)n2)sn1. The Balaban J connectivity index is 1.30. The van der Waals surface area contributed by atoms with Crippen molar-refractivity contribution >= 4 is 28.3 Å². The van der Waals surface area contributed by atoms with Crippen LogP contribution in [0.3, 0.4) is 0 Å². The second kappa shape index (κ2) is 8.31. The van der Waals surface area contributed by atoms with Gasteiger partial charge >= 0.3 is 0 Å². The zero-order chi connectivity index (χ0) is 21.4. The first-order chi connectivity index (χ1) is 15.1. The number of hydrogen-bond acceptors (Lipinski definition) is 10. The van der Waals surface area contributed by atoms with E-state index in [0.717, 1.165) is 74.6 Å². The largest absolute Gasteiger partial charge is 0.378 e. The molecule has 2 aromatic heterocycles. The van der Waals surface area contributed by atoms with Crippen LogP contribution in [0.2, 0.25) is 0 Å². The van der Waals surface area contributed by atoms with Crippen LogP contribution in [0.4, 0.5) is 16.8 Å². The highest BCUT2D eigenvalue weighted by molar-refractivity contribution is 7.10. The quantitative estimate of drug-likeness (QED) is 0.747. The van der Waals surface area contributed by atoms with Crippen LogP contribution in [0.15, 0.2) is 12.3 Å². The van der Waals surface area contributed by atoms with Crippen LogP contribution in [0, 0.1) is 25.2 Å². The minimum Gasteiger partial charge on any atom is -0.378 e. The molecule has 0 spiro atoms. The van der Waals surface area contributed by atoms with Gasteiger partial charge in [0.1, 0.15) is 10.8 Å². The third kappa shape index (κ3) is 3.99. The number of ether oxygens (including phenoxy) is 1. The standard InChI is InChI=1S/C21H28N8OS/c1-15-10-23-20(24-18-9-16(2)26-31-18)25-19(15)28-13-21(14-28,3-4-22)29-6-5-27-7-8-30-12-17(27)11-29/h9-10,17H,3,5-8,11-14H2,1-2H3,(H,23,24,25)/t17-/m1/s1. The van der Waals surface area contributed by atoms with Gasteiger partial charge in [-0.25, -0.2) is 4.98 Å². The van der Waals surface area contributed by atoms with E-state index >= 15 is 0 Å². The smallest absolute Gasteiger partial charge is 0.229 e. The van der Waals surface area contributed by atoms with E-state index < -0.39 is 0 Å². The van der Waals surface area contributed by atoms with Crippen molar-refractivity contribution in [1.29, 1.82) is 5.26 Å². The average Bonchev–Trinajstić information content (AvgIpc) is 3.16. The molecule has 0 aromatic carbocycles. The van der Waals surface area contributed by atoms with Crippen molar-refractivity contribution in [3.05, 3.63) is 23.5 Å². The molecule has 5 heterocycles. The minimum absolute atomic E-state index is 0.113. The van der Waals surface area contributed by atoms with Gasteiger partial charge in [0.05, 0.1) is 36.9 Å². The molecule has 0 saturated carbocycles. The predicted molar refractivity (Wildman–Crippen MR) is 120 cm³/mol. The van der Waals surface area contributed by atoms with E-state index in [1.54, 1.807) is 0 Å². The molecule has 0 radical (unpaired) electrons. The van der Waals surface area contributed by atoms with Gasteiger partial charge in [-0.3, -0.25) is 9.80 Å². The Hall–Kier alpha value is -2.32. The first-order valence-electron chi connectivity index (χ1n) is 10.8. The Labute approximate surface area is 186 Å². The number of aryl methyl sites for hydroxylation is 2. The fourth-order valence-corrected chi connectivity index (χ4v) is 5.56. The lowest BCUT2D eigenvalue weighted by Gasteiger charge is -2.59. The van der Waals surface area contributed by atoms with Crippen LogP contribution >= 0.6 is 11.5 Å². The lowest BCUT2D eigenvalue weighted by Crippen LogP contribution is -2.74. The molecule has 31 heavy (non-hydrogen) atoms. The van der Waals surface area contributed by atoms with Crippen LogP contribution in [0.5, 0.6) is 0 Å². The number of nitriles is 1. The summed E-state index contributed by atoms with van der Waals surface area (Å²) in [4.78, 5) is 16.6. The molecule has 10 heteroatoms. The summed E-state index contributed by atoms with van der Waals surface area (Å²) < 4.78 is 10.0. The number of nitrogens with zero attached hydrogens (tertiary/aromatic N) is 7. The summed E-state index contributed by atoms with van der Waals surface area (Å²) in [5.74, 6) is 1.52. The Kier molecular flexibility index (Phi) is 5.52. The normalized spacial score (nSPS) is 23.6. The van der Waals surface area contributed by atoms with Crippen molar-refractivity contribution in [3.63, 3.8) is 0 Å². The maximum absolute atomic E-state index is 9.58. The number of piperazine rings is 1. The number of aromatic nitrogens is 3. The van der Waals surface area contributed by atoms with Crippen LogP contribution in [-0.4, -0.2) is 88.2 Å². The number of fused-ring (bicyclic) bond motifs is 1. The molecule has 164 valence electrons. The minimum atomic E-state index is -0.113. The molecule has 3 saturated heterocycles. The third-order valence-electron chi connectivity index (χ3n) is 6.59. The highest BCUT2D eigenvalue weighted by atomic mass is 32.1. The highest BCUT2D eigenvalue weighted by Gasteiger charge is 2.50. The molecule has 3 fully saturated rings. The maximum Gasteiger partial charge on any atom is 0.229 e. The maximum atomic E-state index is 9.58. The van der Waals surface area contributed by atoms with Gasteiger partial charge < -0.3 is 15.0 Å². The molecule has 5 rings (SSSR count). The van der Waals surface area contributed by atoms with Crippen LogP contribution < -0.4 is 10.2 Å². The molecule has 1 atom stereocenters. The summed E-state index contributed by atoms with van der Waals surface area (Å²) in [6.07, 6.45) is 2.40. The summed E-state index contributed by atoms with van der Waals surface area (Å²) in [5.41, 5.74) is 1.91. The lowest BCUT2D eigenvalue weighted by molar-refractivity contribution is -0.0753. The molecule has 1 N–H and O–H groups in total. The van der Waals surface area contributed by atoms with Crippen molar-refractivity contribution in [2.75, 3.05) is 62.7 Å². The molecular weight excluding hydrogens is 412 g/mol. The molecule has 0 bridgehead atoms. The lowest BCUT2D eigenvalue weighted by atomic mass is 9.83. The molecular formula is C21H28N8OS. The zero-order valence-electron chi connectivity index (χ0n) is 18.0. The van der Waals surface area contributed by atoms with Gasteiger partial charge in [0, 0.05) is 57.1 Å². The second-order valence-corrected chi connectivity index (χ2v) is 9.59. The summed E-state index contributed by atoms with van der Waals surface area (Å²) in [7, 11) is 0. The monoisotopic (exact) mass is 440 g/mol. The Bertz CT molecular complexity index is 982. The topological polar surface area (TPSA) is 93.4 Å². The molecule has 0 unspecified atom stereocenters. The van der Waals surface area contributed by atoms with Crippen LogP contribution in [0.1, 0.15) is 17.7 Å². The molecule has 0 amide bonds. The van der Waals surface area contributed by atoms with Crippen molar-refractivity contribution in [3.8, 4) is 6.07 Å². The Morgan fingerprint density at radius 1 is 1.32 bits per heavy atom. The molecule has 0 aliphatic carbocycles. The summed E-state index contributed by atoms with van der Waals surface area (Å²) in [6, 6.07) is 4.88. The van der Waals surface area contributed by atoms with E-state index in [1.807, 2.05) is 26.1 Å². The van der Waals surface area contributed by atoms with Gasteiger partial charge in [-0.2, -0.15) is 14.6 Å². The van der Waals surface area contributed by atoms with Crippen molar-refractivity contribution in [2.24, 2.45) is 0 Å². The first kappa shape index (κ1) is 20.6. The van der Waals surface area contributed by atoms with Crippen LogP contribution in [0.25, 0.3) is 0 Å². The number of anilines is 3. The van der Waals surface area contributed by atoms with Crippen molar-refractivity contribution in [2.45, 2.75) is 31.8 Å². The van der Waals surface area contributed by atoms with E-state index in [-0.39, 0.29) is 5.54 Å². The fourth-order valence-electron chi connectivity index (χ4n) is 4.91. The Morgan fingerprint density at radius 2 is 2.19 bits per heavy atom. The van der Waals surface area contributed by atoms with Gasteiger partial charge in [-0.1, -0.05) is 0 Å². The molecule has 9 nitrogen and oxygen atoms in total. The van der Waals surface area contributed by atoms with E-state index in [1.165, 1.54) is 11.5 Å². The van der Waals surface area contributed by atoms with Crippen LogP contribution in [-0.2, 0) is 4.74 Å².